The van der Waals surface area contributed by atoms with Gasteiger partial charge >= 0.3 is 0 Å². The summed E-state index contributed by atoms with van der Waals surface area (Å²) in [7, 11) is 0. The van der Waals surface area contributed by atoms with E-state index in [4.69, 9.17) is 0 Å². The van der Waals surface area contributed by atoms with Crippen LogP contribution in [0.25, 0.3) is 0 Å². The van der Waals surface area contributed by atoms with Gasteiger partial charge in [0, 0.05) is 5.92 Å². The van der Waals surface area contributed by atoms with E-state index in [2.05, 4.69) is 0 Å². The van der Waals surface area contributed by atoms with Crippen molar-refractivity contribution >= 4 is 5.97 Å². The fraction of sp³-hybridized carbons (Fsp3) is 0.576. The van der Waals surface area contributed by atoms with E-state index in [-0.39, 0.29) is 23.0 Å². The van der Waals surface area contributed by atoms with Gasteiger partial charge in [-0.1, -0.05) is 215 Å². The average Bonchev–Trinajstić information content (AvgIpc) is 3.07. The van der Waals surface area contributed by atoms with E-state index in [0.717, 1.165) is 0 Å². The first-order chi connectivity index (χ1) is 28.8. The molecular formula is C59H85O6-. The van der Waals surface area contributed by atoms with Crippen molar-refractivity contribution in [3.05, 3.63) is 115 Å². The summed E-state index contributed by atoms with van der Waals surface area (Å²) in [5.74, 6) is -1.92. The number of aliphatic carboxylic acids is 1. The zero-order chi connectivity index (χ0) is 50.5. The van der Waals surface area contributed by atoms with E-state index in [1.54, 1.807) is 0 Å². The molecule has 4 N–H and O–H groups in total. The minimum atomic E-state index is -2.09. The first-order valence-electron chi connectivity index (χ1n) is 23.5. The van der Waals surface area contributed by atoms with Crippen LogP contribution >= 0.6 is 0 Å². The van der Waals surface area contributed by atoms with Crippen LogP contribution in [0.1, 0.15) is 239 Å². The Morgan fingerprint density at radius 1 is 0.338 bits per heavy atom. The number of phenols is 4. The average molecular weight is 890 g/mol. The highest BCUT2D eigenvalue weighted by Crippen LogP contribution is 2.57. The van der Waals surface area contributed by atoms with Crippen LogP contribution in [-0.2, 0) is 53.5 Å². The molecule has 4 aromatic carbocycles. The summed E-state index contributed by atoms with van der Waals surface area (Å²) in [6.07, 6.45) is 0. The van der Waals surface area contributed by atoms with Gasteiger partial charge < -0.3 is 30.3 Å². The molecule has 0 bridgehead atoms. The third kappa shape index (κ3) is 10.1. The van der Waals surface area contributed by atoms with Gasteiger partial charge in [0.25, 0.3) is 0 Å². The number of rotatable bonds is 6. The van der Waals surface area contributed by atoms with Crippen molar-refractivity contribution in [3.8, 4) is 23.0 Å². The third-order valence-corrected chi connectivity index (χ3v) is 13.3. The largest absolute Gasteiger partial charge is 0.549 e. The van der Waals surface area contributed by atoms with Crippen molar-refractivity contribution < 1.29 is 30.3 Å². The molecular weight excluding hydrogens is 805 g/mol. The molecule has 65 heavy (non-hydrogen) atoms. The summed E-state index contributed by atoms with van der Waals surface area (Å²) in [6.45, 7) is 48.8. The smallest absolute Gasteiger partial charge is 0.123 e. The van der Waals surface area contributed by atoms with E-state index in [1.165, 1.54) is 0 Å². The summed E-state index contributed by atoms with van der Waals surface area (Å²) >= 11 is 0. The zero-order valence-electron chi connectivity index (χ0n) is 44.8. The Kier molecular flexibility index (Phi) is 13.4. The normalized spacial score (nSPS) is 14.0. The molecule has 0 aliphatic heterocycles. The van der Waals surface area contributed by atoms with Crippen LogP contribution in [0.4, 0.5) is 0 Å². The molecule has 0 saturated carbocycles. The zero-order valence-corrected chi connectivity index (χ0v) is 44.8. The van der Waals surface area contributed by atoms with Gasteiger partial charge in [0.15, 0.2) is 0 Å². The van der Waals surface area contributed by atoms with Crippen molar-refractivity contribution in [2.24, 2.45) is 0 Å². The van der Waals surface area contributed by atoms with E-state index in [9.17, 15) is 20.4 Å². The molecule has 0 aliphatic rings. The van der Waals surface area contributed by atoms with Crippen LogP contribution in [-0.4, -0.2) is 26.4 Å². The summed E-state index contributed by atoms with van der Waals surface area (Å²) in [5.41, 5.74) is 0.143. The molecule has 4 rings (SSSR count). The van der Waals surface area contributed by atoms with Crippen LogP contribution in [0.2, 0.25) is 0 Å². The van der Waals surface area contributed by atoms with Gasteiger partial charge in [-0.25, -0.2) is 0 Å². The van der Waals surface area contributed by atoms with Crippen LogP contribution in [0.15, 0.2) is 48.5 Å². The van der Waals surface area contributed by atoms with E-state index < -0.39 is 60.6 Å². The summed E-state index contributed by atoms with van der Waals surface area (Å²) in [5, 5.41) is 64.9. The SMILES string of the molecule is CC(C)(C)c1cc(C(c2cc(C(C)(C)C)c(O)c(C(C)(C)C)c2)C(C(=O)[O-])(c2cc(C(C)(C)C)c(O)c(C(C)(C)C)c2)c2cc(C(C)(C)C)c(O)c(C(C)(C)C)c2)cc(C(C)(C)C)c1O. The lowest BCUT2D eigenvalue weighted by molar-refractivity contribution is -0.312. The standard InChI is InChI=1S/C59H86O6/c1-51(2,3)37-25-33(26-38(46(37)60)52(4,5)6)45(34-27-39(53(7,8)9)47(61)40(28-34)54(10,11)12)59(50(64)65,35-29-41(55(13,14)15)48(62)42(30-35)56(16,17)18)36-31-43(57(19,20)21)49(63)44(32-36)58(22,23)24/h25-32,45,60-63H,1-24H3,(H,64,65)/p-1. The number of phenolic OH excluding ortho intramolecular Hbond substituents is 4. The highest BCUT2D eigenvalue weighted by atomic mass is 16.4. The number of carboxylic acid groups (broad SMARTS) is 1. The Morgan fingerprint density at radius 2 is 0.492 bits per heavy atom. The summed E-state index contributed by atoms with van der Waals surface area (Å²) < 4.78 is 0. The van der Waals surface area contributed by atoms with Gasteiger partial charge in [-0.3, -0.25) is 0 Å². The Bertz CT molecular complexity index is 2150. The minimum absolute atomic E-state index is 0.110. The number of hydrogen-bond donors (Lipinski definition) is 4. The number of aromatic hydroxyl groups is 4. The number of carbonyl (C=O) groups is 1. The van der Waals surface area contributed by atoms with Crippen molar-refractivity contribution in [1.29, 1.82) is 0 Å². The van der Waals surface area contributed by atoms with Crippen molar-refractivity contribution in [2.45, 2.75) is 221 Å². The fourth-order valence-electron chi connectivity index (χ4n) is 9.49. The number of carboxylic acids is 1. The highest BCUT2D eigenvalue weighted by Gasteiger charge is 2.50. The maximum atomic E-state index is 15.8. The van der Waals surface area contributed by atoms with Gasteiger partial charge in [-0.05, 0) is 110 Å². The van der Waals surface area contributed by atoms with Crippen LogP contribution in [0.3, 0.4) is 0 Å². The maximum Gasteiger partial charge on any atom is 0.123 e. The molecule has 0 spiro atoms. The Morgan fingerprint density at radius 3 is 0.631 bits per heavy atom. The van der Waals surface area contributed by atoms with Crippen LogP contribution in [0, 0.1) is 0 Å². The maximum absolute atomic E-state index is 15.8. The Balaban J connectivity index is 2.70. The molecule has 0 saturated heterocycles. The molecule has 0 atom stereocenters. The molecule has 0 amide bonds. The molecule has 0 fully saturated rings. The summed E-state index contributed by atoms with van der Waals surface area (Å²) in [6, 6.07) is 15.3. The Labute approximate surface area is 394 Å². The fourth-order valence-corrected chi connectivity index (χ4v) is 9.49. The predicted molar refractivity (Wildman–Crippen MR) is 270 cm³/mol. The first-order valence-corrected chi connectivity index (χ1v) is 23.5. The second-order valence-electron chi connectivity index (χ2n) is 27.3. The molecule has 0 aromatic heterocycles. The molecule has 0 unspecified atom stereocenters. The lowest BCUT2D eigenvalue weighted by atomic mass is 9.58. The molecule has 0 heterocycles. The van der Waals surface area contributed by atoms with Gasteiger partial charge in [-0.2, -0.15) is 0 Å². The molecule has 6 nitrogen and oxygen atoms in total. The molecule has 4 aromatic rings. The first kappa shape index (κ1) is 53.2. The Hall–Kier alpha value is -4.45. The van der Waals surface area contributed by atoms with E-state index in [1.807, 2.05) is 215 Å². The topological polar surface area (TPSA) is 121 Å². The molecule has 358 valence electrons. The van der Waals surface area contributed by atoms with Gasteiger partial charge in [0.05, 0.1) is 11.4 Å². The second-order valence-corrected chi connectivity index (χ2v) is 27.3. The third-order valence-electron chi connectivity index (χ3n) is 13.3. The van der Waals surface area contributed by atoms with Gasteiger partial charge in [-0.15, -0.1) is 0 Å². The van der Waals surface area contributed by atoms with Crippen LogP contribution in [0.5, 0.6) is 23.0 Å². The lowest BCUT2D eigenvalue weighted by Gasteiger charge is -2.47. The highest BCUT2D eigenvalue weighted by molar-refractivity contribution is 5.89. The van der Waals surface area contributed by atoms with Crippen LogP contribution < -0.4 is 5.11 Å². The minimum Gasteiger partial charge on any atom is -0.549 e. The predicted octanol–water partition coefficient (Wildman–Crippen LogP) is 13.8. The summed E-state index contributed by atoms with van der Waals surface area (Å²) in [4.78, 5) is 15.8. The van der Waals surface area contributed by atoms with E-state index >= 15 is 9.90 Å². The van der Waals surface area contributed by atoms with Crippen molar-refractivity contribution in [1.82, 2.24) is 0 Å². The second kappa shape index (κ2) is 16.4. The molecule has 0 aliphatic carbocycles. The number of benzene rings is 4. The van der Waals surface area contributed by atoms with Gasteiger partial charge in [0.2, 0.25) is 0 Å². The van der Waals surface area contributed by atoms with Gasteiger partial charge in [0.1, 0.15) is 23.0 Å². The van der Waals surface area contributed by atoms with Crippen molar-refractivity contribution in [3.63, 3.8) is 0 Å². The molecule has 6 heteroatoms. The monoisotopic (exact) mass is 890 g/mol. The van der Waals surface area contributed by atoms with Crippen molar-refractivity contribution in [2.75, 3.05) is 0 Å². The lowest BCUT2D eigenvalue weighted by Crippen LogP contribution is -2.52. The number of carbonyl (C=O) groups excluding carboxylic acids is 1. The number of hydrogen-bond acceptors (Lipinski definition) is 6. The molecule has 0 radical (unpaired) electrons. The van der Waals surface area contributed by atoms with E-state index in [0.29, 0.717) is 66.8 Å². The quantitative estimate of drug-likeness (QED) is 0.153.